The number of benzene rings is 1. The summed E-state index contributed by atoms with van der Waals surface area (Å²) in [6.07, 6.45) is 4.02. The lowest BCUT2D eigenvalue weighted by atomic mass is 10.1. The molecule has 0 unspecified atom stereocenters. The van der Waals surface area contributed by atoms with Crippen LogP contribution < -0.4 is 0 Å². The van der Waals surface area contributed by atoms with Crippen molar-refractivity contribution in [3.05, 3.63) is 53.1 Å². The normalized spacial score (nSPS) is 17.7. The lowest BCUT2D eigenvalue weighted by Crippen LogP contribution is -2.09. The van der Waals surface area contributed by atoms with Gasteiger partial charge in [0, 0.05) is 5.02 Å². The number of halogens is 1. The smallest absolute Gasteiger partial charge is 0.282 e. The molecule has 1 aromatic carbocycles. The van der Waals surface area contributed by atoms with Gasteiger partial charge in [-0.3, -0.25) is 4.79 Å². The van der Waals surface area contributed by atoms with E-state index in [-0.39, 0.29) is 16.4 Å². The summed E-state index contributed by atoms with van der Waals surface area (Å²) in [5.74, 6) is -0.180. The van der Waals surface area contributed by atoms with Gasteiger partial charge in [-0.05, 0) is 55.0 Å². The second-order valence-corrected chi connectivity index (χ2v) is 6.01. The molecule has 1 aliphatic carbocycles. The van der Waals surface area contributed by atoms with Gasteiger partial charge >= 0.3 is 0 Å². The number of rotatable bonds is 2. The molecular formula is C13H10ClNO3S. The van der Waals surface area contributed by atoms with Crippen molar-refractivity contribution in [2.75, 3.05) is 0 Å². The zero-order valence-electron chi connectivity index (χ0n) is 10.00. The minimum Gasteiger partial charge on any atom is -0.290 e. The van der Waals surface area contributed by atoms with Gasteiger partial charge in [0.2, 0.25) is 0 Å². The van der Waals surface area contributed by atoms with Gasteiger partial charge in [0.05, 0.1) is 10.6 Å². The maximum atomic E-state index is 12.1. The third-order valence-corrected chi connectivity index (χ3v) is 4.06. The van der Waals surface area contributed by atoms with Gasteiger partial charge in [-0.2, -0.15) is 12.8 Å². The van der Waals surface area contributed by atoms with E-state index < -0.39 is 10.0 Å². The van der Waals surface area contributed by atoms with Crippen molar-refractivity contribution in [3.63, 3.8) is 0 Å². The number of ketones is 1. The molecule has 6 heteroatoms. The molecule has 0 amide bonds. The third kappa shape index (κ3) is 3.19. The van der Waals surface area contributed by atoms with Crippen LogP contribution in [0.4, 0.5) is 0 Å². The Kier molecular flexibility index (Phi) is 3.68. The zero-order valence-corrected chi connectivity index (χ0v) is 11.6. The minimum atomic E-state index is -3.80. The van der Waals surface area contributed by atoms with E-state index in [2.05, 4.69) is 4.40 Å². The summed E-state index contributed by atoms with van der Waals surface area (Å²) in [5, 5.41) is 0.450. The number of hydrogen-bond donors (Lipinski definition) is 0. The summed E-state index contributed by atoms with van der Waals surface area (Å²) in [7, 11) is -3.80. The van der Waals surface area contributed by atoms with Crippen LogP contribution in [0, 0.1) is 0 Å². The van der Waals surface area contributed by atoms with E-state index in [1.165, 1.54) is 42.5 Å². The Hall–Kier alpha value is -1.72. The van der Waals surface area contributed by atoms with Crippen molar-refractivity contribution in [2.24, 2.45) is 4.40 Å². The highest BCUT2D eigenvalue weighted by Gasteiger charge is 2.16. The quantitative estimate of drug-likeness (QED) is 0.788. The Bertz CT molecular complexity index is 713. The molecule has 0 spiro atoms. The number of hydrogen-bond acceptors (Lipinski definition) is 3. The van der Waals surface area contributed by atoms with Gasteiger partial charge in [-0.15, -0.1) is 0 Å². The van der Waals surface area contributed by atoms with E-state index in [0.29, 0.717) is 10.6 Å². The summed E-state index contributed by atoms with van der Waals surface area (Å²) in [4.78, 5) is 11.2. The molecule has 0 heterocycles. The van der Waals surface area contributed by atoms with Crippen LogP contribution in [0.1, 0.15) is 6.92 Å². The molecule has 98 valence electrons. The van der Waals surface area contributed by atoms with E-state index in [1.54, 1.807) is 6.92 Å². The monoisotopic (exact) mass is 295 g/mol. The molecule has 0 saturated heterocycles. The van der Waals surface area contributed by atoms with E-state index in [0.717, 1.165) is 0 Å². The summed E-state index contributed by atoms with van der Waals surface area (Å²) >= 11 is 5.70. The summed E-state index contributed by atoms with van der Waals surface area (Å²) < 4.78 is 27.8. The average Bonchev–Trinajstić information content (AvgIpc) is 2.33. The highest BCUT2D eigenvalue weighted by atomic mass is 35.5. The first-order chi connectivity index (χ1) is 8.88. The number of carbonyl (C=O) groups is 1. The van der Waals surface area contributed by atoms with Crippen LogP contribution in [0.2, 0.25) is 5.02 Å². The topological polar surface area (TPSA) is 63.6 Å². The fourth-order valence-electron chi connectivity index (χ4n) is 1.52. The van der Waals surface area contributed by atoms with Crippen LogP contribution in [0.15, 0.2) is 57.4 Å². The highest BCUT2D eigenvalue weighted by Crippen LogP contribution is 2.18. The first-order valence-electron chi connectivity index (χ1n) is 5.40. The minimum absolute atomic E-state index is 0.0579. The van der Waals surface area contributed by atoms with E-state index >= 15 is 0 Å². The number of nitrogens with zero attached hydrogens (tertiary/aromatic N) is 1. The van der Waals surface area contributed by atoms with E-state index in [1.807, 2.05) is 0 Å². The molecule has 0 atom stereocenters. The van der Waals surface area contributed by atoms with Crippen molar-refractivity contribution in [1.29, 1.82) is 0 Å². The third-order valence-electron chi connectivity index (χ3n) is 2.50. The molecule has 19 heavy (non-hydrogen) atoms. The van der Waals surface area contributed by atoms with E-state index in [9.17, 15) is 13.2 Å². The van der Waals surface area contributed by atoms with Crippen LogP contribution in [0.25, 0.3) is 0 Å². The second-order valence-electron chi connectivity index (χ2n) is 3.97. The fraction of sp³-hybridized carbons (Fsp3) is 0.0769. The van der Waals surface area contributed by atoms with Crippen LogP contribution >= 0.6 is 11.6 Å². The predicted octanol–water partition coefficient (Wildman–Crippen LogP) is 2.55. The molecule has 0 aliphatic heterocycles. The SMILES string of the molecule is CC1=CC(=O)C=C/C1=N/S(=O)(=O)c1ccc(Cl)cc1. The van der Waals surface area contributed by atoms with Crippen LogP contribution in [-0.2, 0) is 14.8 Å². The molecule has 0 saturated carbocycles. The Balaban J connectivity index is 2.42. The largest absolute Gasteiger partial charge is 0.290 e. The summed E-state index contributed by atoms with van der Waals surface area (Å²) in [6.45, 7) is 1.64. The molecular weight excluding hydrogens is 286 g/mol. The predicted molar refractivity (Wildman–Crippen MR) is 74.0 cm³/mol. The van der Waals surface area contributed by atoms with Crippen molar-refractivity contribution in [2.45, 2.75) is 11.8 Å². The molecule has 0 radical (unpaired) electrons. The highest BCUT2D eigenvalue weighted by molar-refractivity contribution is 7.90. The van der Waals surface area contributed by atoms with Gasteiger partial charge < -0.3 is 0 Å². The average molecular weight is 296 g/mol. The Labute approximate surface area is 116 Å². The van der Waals surface area contributed by atoms with Gasteiger partial charge in [0.1, 0.15) is 0 Å². The standard InChI is InChI=1S/C13H10ClNO3S/c1-9-8-11(16)4-7-13(9)15-19(17,18)12-5-2-10(14)3-6-12/h2-8H,1H3/b15-13-. The number of allylic oxidation sites excluding steroid dienone is 4. The molecule has 0 fully saturated rings. The maximum absolute atomic E-state index is 12.1. The first kappa shape index (κ1) is 13.7. The van der Waals surface area contributed by atoms with Crippen LogP contribution in [-0.4, -0.2) is 19.9 Å². The molecule has 2 rings (SSSR count). The maximum Gasteiger partial charge on any atom is 0.282 e. The molecule has 0 N–H and O–H groups in total. The molecule has 1 aromatic rings. The van der Waals surface area contributed by atoms with Gasteiger partial charge in [0.15, 0.2) is 5.78 Å². The zero-order chi connectivity index (χ0) is 14.0. The number of carbonyl (C=O) groups excluding carboxylic acids is 1. The Morgan fingerprint density at radius 3 is 2.32 bits per heavy atom. The lowest BCUT2D eigenvalue weighted by molar-refractivity contribution is -0.110. The van der Waals surface area contributed by atoms with Gasteiger partial charge in [-0.1, -0.05) is 11.6 Å². The number of sulfonamides is 1. The lowest BCUT2D eigenvalue weighted by Gasteiger charge is -2.06. The molecule has 0 bridgehead atoms. The van der Waals surface area contributed by atoms with Gasteiger partial charge in [-0.25, -0.2) is 0 Å². The summed E-state index contributed by atoms with van der Waals surface area (Å²) in [5.41, 5.74) is 0.777. The molecule has 0 aromatic heterocycles. The second kappa shape index (κ2) is 5.11. The van der Waals surface area contributed by atoms with Crippen molar-refractivity contribution in [3.8, 4) is 0 Å². The van der Waals surface area contributed by atoms with Gasteiger partial charge in [0.25, 0.3) is 10.0 Å². The molecule has 1 aliphatic rings. The Morgan fingerprint density at radius 2 is 1.74 bits per heavy atom. The Morgan fingerprint density at radius 1 is 1.11 bits per heavy atom. The van der Waals surface area contributed by atoms with Crippen LogP contribution in [0.5, 0.6) is 0 Å². The van der Waals surface area contributed by atoms with E-state index in [4.69, 9.17) is 11.6 Å². The van der Waals surface area contributed by atoms with Crippen molar-refractivity contribution >= 4 is 33.1 Å². The van der Waals surface area contributed by atoms with Crippen molar-refractivity contribution in [1.82, 2.24) is 0 Å². The molecule has 4 nitrogen and oxygen atoms in total. The first-order valence-corrected chi connectivity index (χ1v) is 7.21. The van der Waals surface area contributed by atoms with Crippen molar-refractivity contribution < 1.29 is 13.2 Å². The van der Waals surface area contributed by atoms with Crippen LogP contribution in [0.3, 0.4) is 0 Å². The summed E-state index contributed by atoms with van der Waals surface area (Å²) in [6, 6.07) is 5.74. The fourth-order valence-corrected chi connectivity index (χ4v) is 2.69.